The van der Waals surface area contributed by atoms with E-state index in [-0.39, 0.29) is 0 Å². The number of methoxy groups -OCH3 is 1. The van der Waals surface area contributed by atoms with E-state index in [0.29, 0.717) is 28.4 Å². The third kappa shape index (κ3) is 3.79. The second kappa shape index (κ2) is 8.05. The van der Waals surface area contributed by atoms with Crippen LogP contribution >= 0.6 is 11.8 Å². The van der Waals surface area contributed by atoms with Crippen molar-refractivity contribution in [3.8, 4) is 28.6 Å². The highest BCUT2D eigenvalue weighted by molar-refractivity contribution is 7.98. The maximum atomic E-state index is 5.58. The Morgan fingerprint density at radius 1 is 1.04 bits per heavy atom. The number of hydrogen-bond acceptors (Lipinski definition) is 9. The molecule has 0 aliphatic rings. The van der Waals surface area contributed by atoms with Crippen molar-refractivity contribution in [3.05, 3.63) is 55.2 Å². The van der Waals surface area contributed by atoms with Crippen LogP contribution in [-0.4, -0.2) is 38.3 Å². The SMILES string of the molecule is COc1ccc(Nc2ncc(-c3ccnc(SC)n3)c(-c3ccco3)n2)cn1. The Kier molecular flexibility index (Phi) is 5.16. The summed E-state index contributed by atoms with van der Waals surface area (Å²) < 4.78 is 10.7. The Labute approximate surface area is 165 Å². The number of aromatic nitrogens is 5. The van der Waals surface area contributed by atoms with Crippen LogP contribution < -0.4 is 10.1 Å². The number of nitrogens with one attached hydrogen (secondary N) is 1. The Bertz CT molecular complexity index is 1070. The number of thioether (sulfide) groups is 1. The molecule has 4 rings (SSSR count). The molecule has 4 aromatic heterocycles. The molecule has 0 aliphatic heterocycles. The molecule has 0 fully saturated rings. The third-order valence-corrected chi connectivity index (χ3v) is 4.40. The van der Waals surface area contributed by atoms with Gasteiger partial charge in [-0.15, -0.1) is 0 Å². The van der Waals surface area contributed by atoms with Gasteiger partial charge < -0.3 is 14.5 Å². The minimum absolute atomic E-state index is 0.418. The monoisotopic (exact) mass is 392 g/mol. The number of ether oxygens (including phenoxy) is 1. The van der Waals surface area contributed by atoms with Gasteiger partial charge in [-0.05, 0) is 30.5 Å². The van der Waals surface area contributed by atoms with E-state index in [1.165, 1.54) is 11.8 Å². The van der Waals surface area contributed by atoms with E-state index in [9.17, 15) is 0 Å². The van der Waals surface area contributed by atoms with Crippen molar-refractivity contribution < 1.29 is 9.15 Å². The van der Waals surface area contributed by atoms with Crippen LogP contribution in [-0.2, 0) is 0 Å². The fraction of sp³-hybridized carbons (Fsp3) is 0.105. The highest BCUT2D eigenvalue weighted by Crippen LogP contribution is 2.31. The lowest BCUT2D eigenvalue weighted by atomic mass is 10.1. The Morgan fingerprint density at radius 2 is 1.96 bits per heavy atom. The topological polar surface area (TPSA) is 98.8 Å². The van der Waals surface area contributed by atoms with E-state index in [1.54, 1.807) is 38.0 Å². The molecule has 0 atom stereocenters. The van der Waals surface area contributed by atoms with Crippen LogP contribution in [0.4, 0.5) is 11.6 Å². The molecule has 1 N–H and O–H groups in total. The van der Waals surface area contributed by atoms with Gasteiger partial charge in [0, 0.05) is 24.0 Å². The van der Waals surface area contributed by atoms with Gasteiger partial charge in [-0.3, -0.25) is 0 Å². The summed E-state index contributed by atoms with van der Waals surface area (Å²) in [6, 6.07) is 9.08. The Hall–Kier alpha value is -3.46. The van der Waals surface area contributed by atoms with Crippen LogP contribution in [0.25, 0.3) is 22.7 Å². The molecule has 0 amide bonds. The quantitative estimate of drug-likeness (QED) is 0.384. The van der Waals surface area contributed by atoms with Crippen molar-refractivity contribution in [2.24, 2.45) is 0 Å². The zero-order valence-electron chi connectivity index (χ0n) is 15.2. The van der Waals surface area contributed by atoms with Crippen molar-refractivity contribution in [2.75, 3.05) is 18.7 Å². The number of hydrogen-bond donors (Lipinski definition) is 1. The van der Waals surface area contributed by atoms with Gasteiger partial charge in [0.25, 0.3) is 0 Å². The van der Waals surface area contributed by atoms with Crippen LogP contribution in [0.5, 0.6) is 5.88 Å². The molecule has 140 valence electrons. The van der Waals surface area contributed by atoms with Gasteiger partial charge in [0.1, 0.15) is 5.69 Å². The summed E-state index contributed by atoms with van der Waals surface area (Å²) in [6.07, 6.45) is 8.62. The number of pyridine rings is 1. The second-order valence-corrected chi connectivity index (χ2v) is 6.35. The lowest BCUT2D eigenvalue weighted by Crippen LogP contribution is -2.01. The predicted octanol–water partition coefficient (Wildman–Crippen LogP) is 4.06. The largest absolute Gasteiger partial charge is 0.481 e. The van der Waals surface area contributed by atoms with E-state index in [4.69, 9.17) is 9.15 Å². The maximum Gasteiger partial charge on any atom is 0.227 e. The van der Waals surface area contributed by atoms with Crippen LogP contribution in [0.15, 0.2) is 64.8 Å². The smallest absolute Gasteiger partial charge is 0.227 e. The van der Waals surface area contributed by atoms with Crippen molar-refractivity contribution in [2.45, 2.75) is 5.16 Å². The normalized spacial score (nSPS) is 10.6. The van der Waals surface area contributed by atoms with Gasteiger partial charge in [-0.2, -0.15) is 0 Å². The molecule has 0 spiro atoms. The molecular formula is C19H16N6O2S. The summed E-state index contributed by atoms with van der Waals surface area (Å²) >= 11 is 1.47. The maximum absolute atomic E-state index is 5.58. The van der Waals surface area contributed by atoms with Crippen LogP contribution in [0.2, 0.25) is 0 Å². The average molecular weight is 392 g/mol. The van der Waals surface area contributed by atoms with E-state index in [2.05, 4.69) is 30.2 Å². The van der Waals surface area contributed by atoms with Crippen molar-refractivity contribution >= 4 is 23.4 Å². The zero-order valence-corrected chi connectivity index (χ0v) is 16.0. The van der Waals surface area contributed by atoms with Crippen molar-refractivity contribution in [3.63, 3.8) is 0 Å². The molecule has 4 heterocycles. The van der Waals surface area contributed by atoms with E-state index < -0.39 is 0 Å². The minimum atomic E-state index is 0.418. The first-order chi connectivity index (χ1) is 13.8. The number of furan rings is 1. The van der Waals surface area contributed by atoms with Gasteiger partial charge in [0.2, 0.25) is 11.8 Å². The average Bonchev–Trinajstić information content (AvgIpc) is 3.29. The molecule has 0 saturated carbocycles. The van der Waals surface area contributed by atoms with Gasteiger partial charge in [0.05, 0.1) is 31.0 Å². The molecule has 28 heavy (non-hydrogen) atoms. The summed E-state index contributed by atoms with van der Waals surface area (Å²) in [5.74, 6) is 1.57. The van der Waals surface area contributed by atoms with Gasteiger partial charge in [0.15, 0.2) is 10.9 Å². The molecule has 9 heteroatoms. The minimum Gasteiger partial charge on any atom is -0.481 e. The molecular weight excluding hydrogens is 376 g/mol. The highest BCUT2D eigenvalue weighted by Gasteiger charge is 2.16. The Balaban J connectivity index is 1.73. The molecule has 8 nitrogen and oxygen atoms in total. The van der Waals surface area contributed by atoms with E-state index in [0.717, 1.165) is 16.9 Å². The molecule has 0 unspecified atom stereocenters. The van der Waals surface area contributed by atoms with E-state index in [1.807, 2.05) is 30.5 Å². The standard InChI is InChI=1S/C19H16N6O2S/c1-26-16-6-5-12(10-21-16)23-18-22-11-13(14-7-8-20-19(24-14)28-2)17(25-18)15-4-3-9-27-15/h3-11H,1-2H3,(H,22,23,25). The molecule has 0 bridgehead atoms. The molecule has 0 saturated heterocycles. The third-order valence-electron chi connectivity index (χ3n) is 3.84. The summed E-state index contributed by atoms with van der Waals surface area (Å²) in [4.78, 5) is 22.0. The van der Waals surface area contributed by atoms with Crippen molar-refractivity contribution in [1.29, 1.82) is 0 Å². The first kappa shape index (κ1) is 17.9. The number of rotatable bonds is 6. The summed E-state index contributed by atoms with van der Waals surface area (Å²) in [5, 5.41) is 3.82. The molecule has 0 aliphatic carbocycles. The van der Waals surface area contributed by atoms with Gasteiger partial charge >= 0.3 is 0 Å². The Morgan fingerprint density at radius 3 is 2.68 bits per heavy atom. The van der Waals surface area contributed by atoms with Crippen LogP contribution in [0.3, 0.4) is 0 Å². The highest BCUT2D eigenvalue weighted by atomic mass is 32.2. The van der Waals surface area contributed by atoms with Crippen LogP contribution in [0, 0.1) is 0 Å². The lowest BCUT2D eigenvalue weighted by molar-refractivity contribution is 0.398. The predicted molar refractivity (Wildman–Crippen MR) is 107 cm³/mol. The summed E-state index contributed by atoms with van der Waals surface area (Å²) in [6.45, 7) is 0. The molecule has 0 aromatic carbocycles. The zero-order chi connectivity index (χ0) is 19.3. The fourth-order valence-corrected chi connectivity index (χ4v) is 2.88. The second-order valence-electron chi connectivity index (χ2n) is 5.58. The van der Waals surface area contributed by atoms with Crippen molar-refractivity contribution in [1.82, 2.24) is 24.9 Å². The summed E-state index contributed by atoms with van der Waals surface area (Å²) in [5.41, 5.74) is 2.86. The fourth-order valence-electron chi connectivity index (χ4n) is 2.52. The van der Waals surface area contributed by atoms with Crippen LogP contribution in [0.1, 0.15) is 0 Å². The first-order valence-corrected chi connectivity index (χ1v) is 9.54. The van der Waals surface area contributed by atoms with E-state index >= 15 is 0 Å². The number of anilines is 2. The molecule has 0 radical (unpaired) electrons. The lowest BCUT2D eigenvalue weighted by Gasteiger charge is -2.10. The van der Waals surface area contributed by atoms with Gasteiger partial charge in [-0.1, -0.05) is 11.8 Å². The first-order valence-electron chi connectivity index (χ1n) is 8.32. The van der Waals surface area contributed by atoms with Gasteiger partial charge in [-0.25, -0.2) is 24.9 Å². The summed E-state index contributed by atoms with van der Waals surface area (Å²) in [7, 11) is 1.57. The number of nitrogens with zero attached hydrogens (tertiary/aromatic N) is 5. The molecule has 4 aromatic rings.